The van der Waals surface area contributed by atoms with Crippen LogP contribution in [0.5, 0.6) is 0 Å². The van der Waals surface area contributed by atoms with E-state index in [0.29, 0.717) is 11.8 Å². The number of benzene rings is 6. The predicted molar refractivity (Wildman–Crippen MR) is 223 cm³/mol. The van der Waals surface area contributed by atoms with Crippen molar-refractivity contribution in [1.29, 1.82) is 0 Å². The van der Waals surface area contributed by atoms with E-state index in [1.807, 2.05) is 32.0 Å². The van der Waals surface area contributed by atoms with E-state index in [1.54, 1.807) is 5.56 Å². The fraction of sp³-hybridized carbons (Fsp3) is 0.333. The SMILES string of the molecule is CC.Cc1ccccc1.Cc1ccccc1-c1ccc(C(C)Cc2ccc3c(c2)C(C)(C)c2cc(C4CCCCC4)c4ccccc4c2-3)cc1C. The van der Waals surface area contributed by atoms with E-state index in [-0.39, 0.29) is 5.41 Å². The zero-order valence-electron chi connectivity index (χ0n) is 32.4. The van der Waals surface area contributed by atoms with E-state index >= 15 is 0 Å². The molecular formula is C51H58. The first-order chi connectivity index (χ1) is 24.7. The zero-order valence-corrected chi connectivity index (χ0v) is 32.4. The van der Waals surface area contributed by atoms with E-state index in [4.69, 9.17) is 0 Å². The Morgan fingerprint density at radius 3 is 1.88 bits per heavy atom. The first-order valence-electron chi connectivity index (χ1n) is 19.6. The molecule has 1 unspecified atom stereocenters. The Labute approximate surface area is 309 Å². The molecule has 0 heterocycles. The molecule has 1 saturated carbocycles. The molecule has 1 fully saturated rings. The Morgan fingerprint density at radius 1 is 0.588 bits per heavy atom. The molecule has 262 valence electrons. The largest absolute Gasteiger partial charge is 0.0683 e. The van der Waals surface area contributed by atoms with Crippen molar-refractivity contribution < 1.29 is 0 Å². The molecule has 6 aromatic rings. The molecule has 2 aliphatic carbocycles. The lowest BCUT2D eigenvalue weighted by Gasteiger charge is -2.27. The van der Waals surface area contributed by atoms with Gasteiger partial charge in [-0.25, -0.2) is 0 Å². The summed E-state index contributed by atoms with van der Waals surface area (Å²) in [6, 6.07) is 45.3. The monoisotopic (exact) mass is 670 g/mol. The van der Waals surface area contributed by atoms with E-state index < -0.39 is 0 Å². The molecule has 0 spiro atoms. The van der Waals surface area contributed by atoms with Crippen molar-refractivity contribution >= 4 is 10.8 Å². The second kappa shape index (κ2) is 15.9. The zero-order chi connectivity index (χ0) is 36.1. The summed E-state index contributed by atoms with van der Waals surface area (Å²) in [5.41, 5.74) is 17.1. The van der Waals surface area contributed by atoms with Gasteiger partial charge in [-0.3, -0.25) is 0 Å². The molecule has 2 aliphatic rings. The summed E-state index contributed by atoms with van der Waals surface area (Å²) in [5, 5.41) is 2.93. The number of rotatable bonds is 5. The van der Waals surface area contributed by atoms with Crippen molar-refractivity contribution in [3.8, 4) is 22.3 Å². The van der Waals surface area contributed by atoms with E-state index in [2.05, 4.69) is 145 Å². The predicted octanol–water partition coefficient (Wildman–Crippen LogP) is 14.8. The minimum Gasteiger partial charge on any atom is -0.0683 e. The maximum atomic E-state index is 2.62. The minimum absolute atomic E-state index is 0.00312. The molecule has 0 N–H and O–H groups in total. The molecule has 0 radical (unpaired) electrons. The normalized spacial score (nSPS) is 15.1. The third kappa shape index (κ3) is 7.48. The Morgan fingerprint density at radius 2 is 1.22 bits per heavy atom. The van der Waals surface area contributed by atoms with Gasteiger partial charge < -0.3 is 0 Å². The van der Waals surface area contributed by atoms with Crippen LogP contribution in [0.15, 0.2) is 121 Å². The van der Waals surface area contributed by atoms with Gasteiger partial charge in [-0.1, -0.05) is 181 Å². The Hall–Kier alpha value is -4.42. The molecule has 0 aromatic heterocycles. The van der Waals surface area contributed by atoms with Gasteiger partial charge in [-0.05, 0) is 124 Å². The van der Waals surface area contributed by atoms with Gasteiger partial charge in [0.05, 0.1) is 0 Å². The molecule has 0 aliphatic heterocycles. The average molecular weight is 671 g/mol. The van der Waals surface area contributed by atoms with Gasteiger partial charge in [0.1, 0.15) is 0 Å². The van der Waals surface area contributed by atoms with Crippen LogP contribution in [0.1, 0.15) is 123 Å². The van der Waals surface area contributed by atoms with Gasteiger partial charge in [0.25, 0.3) is 0 Å². The summed E-state index contributed by atoms with van der Waals surface area (Å²) in [5.74, 6) is 1.16. The Bertz CT molecular complexity index is 2090. The number of hydrogen-bond donors (Lipinski definition) is 0. The maximum Gasteiger partial charge on any atom is 0.0159 e. The van der Waals surface area contributed by atoms with Gasteiger partial charge in [0.15, 0.2) is 0 Å². The first-order valence-corrected chi connectivity index (χ1v) is 19.6. The number of fused-ring (bicyclic) bond motifs is 5. The summed E-state index contributed by atoms with van der Waals surface area (Å²) >= 11 is 0. The second-order valence-corrected chi connectivity index (χ2v) is 15.4. The minimum atomic E-state index is 0.00312. The average Bonchev–Trinajstić information content (AvgIpc) is 3.38. The van der Waals surface area contributed by atoms with Gasteiger partial charge in [-0.2, -0.15) is 0 Å². The van der Waals surface area contributed by atoms with Crippen molar-refractivity contribution in [3.05, 3.63) is 166 Å². The number of aryl methyl sites for hydroxylation is 3. The molecule has 0 bridgehead atoms. The highest BCUT2D eigenvalue weighted by Crippen LogP contribution is 2.53. The summed E-state index contributed by atoms with van der Waals surface area (Å²) < 4.78 is 0. The summed E-state index contributed by atoms with van der Waals surface area (Å²) in [7, 11) is 0. The van der Waals surface area contributed by atoms with Crippen molar-refractivity contribution in [2.24, 2.45) is 0 Å². The van der Waals surface area contributed by atoms with Crippen LogP contribution in [0.2, 0.25) is 0 Å². The Kier molecular flexibility index (Phi) is 11.3. The van der Waals surface area contributed by atoms with Gasteiger partial charge >= 0.3 is 0 Å². The van der Waals surface area contributed by atoms with Crippen LogP contribution in [-0.4, -0.2) is 0 Å². The maximum absolute atomic E-state index is 2.62. The van der Waals surface area contributed by atoms with Crippen molar-refractivity contribution in [2.75, 3.05) is 0 Å². The van der Waals surface area contributed by atoms with Crippen LogP contribution in [0.3, 0.4) is 0 Å². The lowest BCUT2D eigenvalue weighted by Crippen LogP contribution is -2.16. The topological polar surface area (TPSA) is 0 Å². The van der Waals surface area contributed by atoms with Crippen LogP contribution < -0.4 is 0 Å². The highest BCUT2D eigenvalue weighted by molar-refractivity contribution is 6.04. The van der Waals surface area contributed by atoms with Gasteiger partial charge in [0.2, 0.25) is 0 Å². The lowest BCUT2D eigenvalue weighted by molar-refractivity contribution is 0.445. The summed E-state index contributed by atoms with van der Waals surface area (Å²) in [6.45, 7) is 17.9. The van der Waals surface area contributed by atoms with E-state index in [1.165, 1.54) is 104 Å². The Balaban J connectivity index is 0.000000441. The van der Waals surface area contributed by atoms with Crippen molar-refractivity contribution in [2.45, 2.75) is 111 Å². The quantitative estimate of drug-likeness (QED) is 0.171. The van der Waals surface area contributed by atoms with Gasteiger partial charge in [0, 0.05) is 5.41 Å². The molecular weight excluding hydrogens is 613 g/mol. The van der Waals surface area contributed by atoms with Crippen molar-refractivity contribution in [3.63, 3.8) is 0 Å². The lowest BCUT2D eigenvalue weighted by atomic mass is 9.76. The smallest absolute Gasteiger partial charge is 0.0159 e. The highest BCUT2D eigenvalue weighted by Gasteiger charge is 2.38. The molecule has 0 heteroatoms. The van der Waals surface area contributed by atoms with E-state index in [0.717, 1.165) is 6.42 Å². The van der Waals surface area contributed by atoms with Crippen LogP contribution >= 0.6 is 0 Å². The number of hydrogen-bond acceptors (Lipinski definition) is 0. The summed E-state index contributed by atoms with van der Waals surface area (Å²) in [6.07, 6.45) is 7.86. The van der Waals surface area contributed by atoms with Crippen LogP contribution in [0.4, 0.5) is 0 Å². The molecule has 8 rings (SSSR count). The van der Waals surface area contributed by atoms with Gasteiger partial charge in [-0.15, -0.1) is 0 Å². The molecule has 0 amide bonds. The third-order valence-electron chi connectivity index (χ3n) is 11.6. The molecule has 51 heavy (non-hydrogen) atoms. The third-order valence-corrected chi connectivity index (χ3v) is 11.6. The second-order valence-electron chi connectivity index (χ2n) is 15.4. The first kappa shape index (κ1) is 36.4. The fourth-order valence-electron chi connectivity index (χ4n) is 8.71. The van der Waals surface area contributed by atoms with Crippen LogP contribution in [0.25, 0.3) is 33.0 Å². The van der Waals surface area contributed by atoms with Crippen LogP contribution in [0, 0.1) is 20.8 Å². The molecule has 1 atom stereocenters. The molecule has 6 aromatic carbocycles. The standard InChI is InChI=1S/C42H44.C7H8.C2H6/c1-27-13-9-10-16-33(27)34-22-20-32(24-29(34)3)28(2)23-30-19-21-37-39(25-30)42(4,5)40-26-38(31-14-7-6-8-15-31)35-17-11-12-18-36(35)41(37)40;1-7-5-3-2-4-6-7;1-2/h9-13,16-22,24-26,28,31H,6-8,14-15,23H2,1-5H3;2-6H,1H3;1-2H3. The van der Waals surface area contributed by atoms with E-state index in [9.17, 15) is 0 Å². The molecule has 0 saturated heterocycles. The fourth-order valence-corrected chi connectivity index (χ4v) is 8.71. The molecule has 0 nitrogen and oxygen atoms in total. The highest BCUT2D eigenvalue weighted by atomic mass is 14.4. The van der Waals surface area contributed by atoms with Crippen LogP contribution in [-0.2, 0) is 11.8 Å². The summed E-state index contributed by atoms with van der Waals surface area (Å²) in [4.78, 5) is 0. The van der Waals surface area contributed by atoms with Crippen molar-refractivity contribution in [1.82, 2.24) is 0 Å².